The first-order chi connectivity index (χ1) is 12.2. The van der Waals surface area contributed by atoms with Crippen molar-refractivity contribution in [2.75, 3.05) is 13.2 Å². The van der Waals surface area contributed by atoms with Crippen LogP contribution in [0.5, 0.6) is 0 Å². The first-order valence-electron chi connectivity index (χ1n) is 10.0. The molecule has 1 aliphatic heterocycles. The molecule has 1 amide bonds. The summed E-state index contributed by atoms with van der Waals surface area (Å²) in [5.41, 5.74) is -0.154. The zero-order chi connectivity index (χ0) is 18.9. The molecule has 5 nitrogen and oxygen atoms in total. The van der Waals surface area contributed by atoms with Crippen LogP contribution in [0.3, 0.4) is 0 Å². The third-order valence-electron chi connectivity index (χ3n) is 6.38. The maximum atomic E-state index is 12.4. The zero-order valence-electron chi connectivity index (χ0n) is 16.9. The molecule has 3 aliphatic carbocycles. The van der Waals surface area contributed by atoms with Gasteiger partial charge in [-0.2, -0.15) is 0 Å². The van der Waals surface area contributed by atoms with Crippen molar-refractivity contribution in [1.82, 2.24) is 5.32 Å². The minimum Gasteiger partial charge on any atom is -0.444 e. The normalized spacial score (nSPS) is 33.9. The Bertz CT molecular complexity index is 531. The van der Waals surface area contributed by atoms with E-state index in [4.69, 9.17) is 14.2 Å². The smallest absolute Gasteiger partial charge is 0.407 e. The van der Waals surface area contributed by atoms with Gasteiger partial charge in [-0.15, -0.1) is 0 Å². The number of alkyl carbamates (subject to hydrolysis) is 1. The highest BCUT2D eigenvalue weighted by molar-refractivity contribution is 5.68. The number of allylic oxidation sites excluding steroid dienone is 1. The number of fused-ring (bicyclic) bond motifs is 2. The van der Waals surface area contributed by atoms with Gasteiger partial charge in [0.05, 0.1) is 13.2 Å². The molecule has 0 aromatic carbocycles. The lowest BCUT2D eigenvalue weighted by Gasteiger charge is -2.62. The number of ether oxygens (including phenoxy) is 3. The first-order valence-corrected chi connectivity index (χ1v) is 10.0. The Balaban J connectivity index is 1.57. The molecule has 0 unspecified atom stereocenters. The maximum Gasteiger partial charge on any atom is 0.407 e. The minimum atomic E-state index is -0.465. The van der Waals surface area contributed by atoms with Crippen molar-refractivity contribution >= 4 is 6.09 Å². The Kier molecular flexibility index (Phi) is 5.69. The number of carbonyl (C=O) groups is 1. The molecule has 4 aliphatic rings. The lowest BCUT2D eigenvalue weighted by Crippen LogP contribution is -2.63. The molecule has 1 heterocycles. The van der Waals surface area contributed by atoms with Gasteiger partial charge >= 0.3 is 6.09 Å². The molecular formula is C21H35NO4. The largest absolute Gasteiger partial charge is 0.444 e. The maximum absolute atomic E-state index is 12.4. The molecular weight excluding hydrogens is 330 g/mol. The van der Waals surface area contributed by atoms with E-state index in [1.54, 1.807) is 0 Å². The molecule has 4 atom stereocenters. The quantitative estimate of drug-likeness (QED) is 0.739. The van der Waals surface area contributed by atoms with Crippen molar-refractivity contribution in [3.63, 3.8) is 0 Å². The SMILES string of the molecule is CC(C)(C)OC(=O)N[C@@H]1[C@@H](C/C=C\CC2OCCO2)C[C@@H]2C[C@H]1C2(C)C. The number of amides is 1. The highest BCUT2D eigenvalue weighted by Crippen LogP contribution is 2.61. The monoisotopic (exact) mass is 365 g/mol. The molecule has 2 bridgehead atoms. The average Bonchev–Trinajstić information content (AvgIpc) is 3.03. The molecule has 4 fully saturated rings. The molecule has 3 saturated carbocycles. The van der Waals surface area contributed by atoms with Crippen molar-refractivity contribution in [2.24, 2.45) is 23.2 Å². The fraction of sp³-hybridized carbons (Fsp3) is 0.857. The van der Waals surface area contributed by atoms with Crippen LogP contribution in [0.1, 0.15) is 60.3 Å². The Morgan fingerprint density at radius 1 is 1.15 bits per heavy atom. The Morgan fingerprint density at radius 3 is 2.42 bits per heavy atom. The second-order valence-electron chi connectivity index (χ2n) is 9.64. The van der Waals surface area contributed by atoms with Crippen LogP contribution in [0.15, 0.2) is 12.2 Å². The van der Waals surface area contributed by atoms with Crippen LogP contribution in [-0.4, -0.2) is 37.2 Å². The predicted molar refractivity (Wildman–Crippen MR) is 101 cm³/mol. The summed E-state index contributed by atoms with van der Waals surface area (Å²) < 4.78 is 16.5. The van der Waals surface area contributed by atoms with E-state index < -0.39 is 5.60 Å². The topological polar surface area (TPSA) is 56.8 Å². The second-order valence-corrected chi connectivity index (χ2v) is 9.64. The van der Waals surface area contributed by atoms with Crippen LogP contribution < -0.4 is 5.32 Å². The second kappa shape index (κ2) is 7.51. The van der Waals surface area contributed by atoms with Gasteiger partial charge in [-0.1, -0.05) is 26.0 Å². The summed E-state index contributed by atoms with van der Waals surface area (Å²) in [6.07, 6.45) is 8.20. The number of rotatable bonds is 5. The Hall–Kier alpha value is -1.07. The molecule has 0 radical (unpaired) electrons. The first kappa shape index (κ1) is 19.7. The fourth-order valence-electron chi connectivity index (χ4n) is 4.83. The van der Waals surface area contributed by atoms with Gasteiger partial charge in [-0.3, -0.25) is 0 Å². The van der Waals surface area contributed by atoms with E-state index in [0.29, 0.717) is 30.5 Å². The molecule has 148 valence electrons. The van der Waals surface area contributed by atoms with Crippen LogP contribution >= 0.6 is 0 Å². The molecule has 4 rings (SSSR count). The third kappa shape index (κ3) is 4.42. The summed E-state index contributed by atoms with van der Waals surface area (Å²) in [6, 6.07) is 0.188. The van der Waals surface area contributed by atoms with Gasteiger partial charge in [0.2, 0.25) is 0 Å². The van der Waals surface area contributed by atoms with Crippen LogP contribution in [0.4, 0.5) is 4.79 Å². The molecule has 1 N–H and O–H groups in total. The van der Waals surface area contributed by atoms with Gasteiger partial charge < -0.3 is 19.5 Å². The summed E-state index contributed by atoms with van der Waals surface area (Å²) in [7, 11) is 0. The van der Waals surface area contributed by atoms with Crippen molar-refractivity contribution in [3.05, 3.63) is 12.2 Å². The Morgan fingerprint density at radius 2 is 1.81 bits per heavy atom. The van der Waals surface area contributed by atoms with Gasteiger partial charge in [0.25, 0.3) is 0 Å². The lowest BCUT2D eigenvalue weighted by molar-refractivity contribution is -0.113. The molecule has 26 heavy (non-hydrogen) atoms. The van der Waals surface area contributed by atoms with Crippen LogP contribution in [0.25, 0.3) is 0 Å². The standard InChI is InChI=1S/C21H35NO4/c1-20(2,3)26-19(23)22-18-14(12-15-13-16(18)21(15,4)5)8-6-7-9-17-24-10-11-25-17/h6-7,14-18H,8-13H2,1-5H3,(H,22,23)/b7-6-/t14-,15+,16+,18+/m0/s1. The lowest BCUT2D eigenvalue weighted by atomic mass is 9.44. The van der Waals surface area contributed by atoms with Crippen LogP contribution in [0.2, 0.25) is 0 Å². The van der Waals surface area contributed by atoms with E-state index in [2.05, 4.69) is 31.3 Å². The van der Waals surface area contributed by atoms with Gasteiger partial charge in [0, 0.05) is 12.5 Å². The van der Waals surface area contributed by atoms with Gasteiger partial charge in [0.1, 0.15) is 5.60 Å². The molecule has 5 heteroatoms. The molecule has 0 aromatic rings. The van der Waals surface area contributed by atoms with E-state index in [1.807, 2.05) is 20.8 Å². The van der Waals surface area contributed by atoms with Crippen LogP contribution in [-0.2, 0) is 14.2 Å². The van der Waals surface area contributed by atoms with Gasteiger partial charge in [0.15, 0.2) is 6.29 Å². The Labute approximate surface area is 157 Å². The van der Waals surface area contributed by atoms with Crippen molar-refractivity contribution < 1.29 is 19.0 Å². The number of carbonyl (C=O) groups excluding carboxylic acids is 1. The van der Waals surface area contributed by atoms with Crippen LogP contribution in [0, 0.1) is 23.2 Å². The average molecular weight is 366 g/mol. The molecule has 0 spiro atoms. The zero-order valence-corrected chi connectivity index (χ0v) is 16.9. The number of nitrogens with one attached hydrogen (secondary N) is 1. The van der Waals surface area contributed by atoms with E-state index >= 15 is 0 Å². The third-order valence-corrected chi connectivity index (χ3v) is 6.38. The van der Waals surface area contributed by atoms with Crippen molar-refractivity contribution in [1.29, 1.82) is 0 Å². The summed E-state index contributed by atoms with van der Waals surface area (Å²) >= 11 is 0. The number of hydrogen-bond acceptors (Lipinski definition) is 4. The fourth-order valence-corrected chi connectivity index (χ4v) is 4.83. The molecule has 0 aromatic heterocycles. The van der Waals surface area contributed by atoms with E-state index in [0.717, 1.165) is 18.8 Å². The van der Waals surface area contributed by atoms with Crippen molar-refractivity contribution in [3.8, 4) is 0 Å². The molecule has 1 saturated heterocycles. The number of hydrogen-bond donors (Lipinski definition) is 1. The summed E-state index contributed by atoms with van der Waals surface area (Å²) in [4.78, 5) is 12.4. The summed E-state index contributed by atoms with van der Waals surface area (Å²) in [5, 5.41) is 3.21. The van der Waals surface area contributed by atoms with E-state index in [-0.39, 0.29) is 18.4 Å². The van der Waals surface area contributed by atoms with Crippen molar-refractivity contribution in [2.45, 2.75) is 78.2 Å². The summed E-state index contributed by atoms with van der Waals surface area (Å²) in [5.74, 6) is 1.78. The van der Waals surface area contributed by atoms with Gasteiger partial charge in [-0.05, 0) is 63.2 Å². The van der Waals surface area contributed by atoms with E-state index in [1.165, 1.54) is 12.8 Å². The highest BCUT2D eigenvalue weighted by Gasteiger charge is 2.57. The summed E-state index contributed by atoms with van der Waals surface area (Å²) in [6.45, 7) is 11.8. The highest BCUT2D eigenvalue weighted by atomic mass is 16.7. The minimum absolute atomic E-state index is 0.0828. The predicted octanol–water partition coefficient (Wildman–Crippen LogP) is 4.27. The van der Waals surface area contributed by atoms with E-state index in [9.17, 15) is 4.79 Å². The van der Waals surface area contributed by atoms with Gasteiger partial charge in [-0.25, -0.2) is 4.79 Å².